The quantitative estimate of drug-likeness (QED) is 0.657. The number of sulfonamides is 1. The van der Waals surface area contributed by atoms with Gasteiger partial charge in [0.25, 0.3) is 10.0 Å². The summed E-state index contributed by atoms with van der Waals surface area (Å²) < 4.78 is 69.4. The maximum absolute atomic E-state index is 12.9. The van der Waals surface area contributed by atoms with E-state index in [2.05, 4.69) is 14.9 Å². The third-order valence-corrected chi connectivity index (χ3v) is 6.47. The topological polar surface area (TPSA) is 85.0 Å². The molecule has 3 heterocycles. The van der Waals surface area contributed by atoms with Gasteiger partial charge in [-0.2, -0.15) is 23.4 Å². The molecule has 30 heavy (non-hydrogen) atoms. The molecule has 0 spiro atoms. The molecule has 0 amide bonds. The van der Waals surface area contributed by atoms with Gasteiger partial charge in [-0.15, -0.1) is 0 Å². The van der Waals surface area contributed by atoms with Gasteiger partial charge >= 0.3 is 6.18 Å². The van der Waals surface area contributed by atoms with Crippen LogP contribution >= 0.6 is 0 Å². The lowest BCUT2D eigenvalue weighted by Crippen LogP contribution is -2.42. The van der Waals surface area contributed by atoms with Crippen molar-refractivity contribution < 1.29 is 21.6 Å². The Bertz CT molecular complexity index is 1150. The molecule has 0 bridgehead atoms. The number of likely N-dealkylation sites (tertiary alicyclic amines) is 1. The Kier molecular flexibility index (Phi) is 5.22. The van der Waals surface area contributed by atoms with Crippen molar-refractivity contribution in [3.63, 3.8) is 0 Å². The molecule has 0 saturated carbocycles. The Hall–Kier alpha value is -2.60. The monoisotopic (exact) mass is 442 g/mol. The number of nitrogens with one attached hydrogen (secondary N) is 1. The highest BCUT2D eigenvalue weighted by molar-refractivity contribution is 7.92. The first-order valence-electron chi connectivity index (χ1n) is 9.39. The number of hydrogen-bond donors (Lipinski definition) is 1. The Morgan fingerprint density at radius 2 is 2.03 bits per heavy atom. The van der Waals surface area contributed by atoms with Crippen LogP contribution in [0, 0.1) is 0 Å². The number of benzene rings is 1. The molecule has 1 fully saturated rings. The lowest BCUT2D eigenvalue weighted by Gasteiger charge is -2.33. The minimum Gasteiger partial charge on any atom is -0.293 e. The lowest BCUT2D eigenvalue weighted by atomic mass is 10.1. The molecule has 0 unspecified atom stereocenters. The van der Waals surface area contributed by atoms with Crippen molar-refractivity contribution in [3.8, 4) is 0 Å². The van der Waals surface area contributed by atoms with Crippen molar-refractivity contribution in [1.29, 1.82) is 0 Å². The summed E-state index contributed by atoms with van der Waals surface area (Å²) in [6.07, 6.45) is 1.18. The van der Waals surface area contributed by atoms with E-state index >= 15 is 0 Å². The van der Waals surface area contributed by atoms with Gasteiger partial charge in [0.15, 0.2) is 0 Å². The molecule has 1 aliphatic heterocycles. The second kappa shape index (κ2) is 7.58. The van der Waals surface area contributed by atoms with E-state index in [1.54, 1.807) is 30.1 Å². The number of hydrogen-bond acceptors (Lipinski definition) is 5. The summed E-state index contributed by atoms with van der Waals surface area (Å²) in [5.41, 5.74) is 1.03. The first-order valence-corrected chi connectivity index (χ1v) is 10.9. The van der Waals surface area contributed by atoms with E-state index in [4.69, 9.17) is 0 Å². The van der Waals surface area contributed by atoms with Crippen molar-refractivity contribution in [2.24, 2.45) is 7.05 Å². The lowest BCUT2D eigenvalue weighted by molar-refractivity contribution is -0.149. The second-order valence-corrected chi connectivity index (χ2v) is 9.10. The summed E-state index contributed by atoms with van der Waals surface area (Å²) in [7, 11) is -2.21. The highest BCUT2D eigenvalue weighted by Gasteiger charge is 2.33. The number of rotatable bonds is 5. The van der Waals surface area contributed by atoms with Crippen LogP contribution in [0.5, 0.6) is 0 Å². The fourth-order valence-electron chi connectivity index (χ4n) is 3.82. The van der Waals surface area contributed by atoms with Gasteiger partial charge in [0.1, 0.15) is 4.90 Å². The van der Waals surface area contributed by atoms with Crippen LogP contribution in [-0.4, -0.2) is 58.7 Å². The molecule has 1 atom stereocenters. The van der Waals surface area contributed by atoms with Gasteiger partial charge in [-0.25, -0.2) is 8.42 Å². The number of piperidine rings is 1. The SMILES string of the molecule is Cn1ncc2cccc(NS(=O)(=O)c3cnn([C@H]4CCCN(CC(F)(F)F)C4)c3)c21. The highest BCUT2D eigenvalue weighted by atomic mass is 32.2. The van der Waals surface area contributed by atoms with Gasteiger partial charge in [0, 0.05) is 25.2 Å². The number of anilines is 1. The smallest absolute Gasteiger partial charge is 0.293 e. The number of aromatic nitrogens is 4. The average molecular weight is 442 g/mol. The summed E-state index contributed by atoms with van der Waals surface area (Å²) in [6, 6.07) is 4.88. The molecule has 3 aromatic rings. The number of para-hydroxylation sites is 1. The number of alkyl halides is 3. The van der Waals surface area contributed by atoms with Crippen LogP contribution in [0.4, 0.5) is 18.9 Å². The standard InChI is InChI=1S/C18H21F3N6O2S/c1-25-17-13(8-22-25)4-2-6-16(17)24-30(28,29)15-9-23-27(11-15)14-5-3-7-26(10-14)12-18(19,20)21/h2,4,6,8-9,11,14,24H,3,5,7,10,12H2,1H3/t14-/m0/s1. The predicted molar refractivity (Wildman–Crippen MR) is 105 cm³/mol. The van der Waals surface area contributed by atoms with Crippen LogP contribution in [0.3, 0.4) is 0 Å². The van der Waals surface area contributed by atoms with Crippen LogP contribution in [-0.2, 0) is 17.1 Å². The van der Waals surface area contributed by atoms with Crippen molar-refractivity contribution in [2.45, 2.75) is 30.0 Å². The van der Waals surface area contributed by atoms with E-state index in [-0.39, 0.29) is 17.5 Å². The molecule has 0 aliphatic carbocycles. The third-order valence-electron chi connectivity index (χ3n) is 5.15. The van der Waals surface area contributed by atoms with Gasteiger partial charge in [-0.3, -0.25) is 19.0 Å². The molecule has 4 rings (SSSR count). The molecular weight excluding hydrogens is 421 g/mol. The fraction of sp³-hybridized carbons (Fsp3) is 0.444. The van der Waals surface area contributed by atoms with E-state index in [0.29, 0.717) is 30.6 Å². The Labute approximate surface area is 171 Å². The summed E-state index contributed by atoms with van der Waals surface area (Å²) in [5, 5.41) is 9.05. The minimum absolute atomic E-state index is 0.0467. The first kappa shape index (κ1) is 20.7. The molecule has 1 N–H and O–H groups in total. The molecule has 8 nitrogen and oxygen atoms in total. The van der Waals surface area contributed by atoms with Gasteiger partial charge in [-0.1, -0.05) is 12.1 Å². The zero-order chi connectivity index (χ0) is 21.5. The summed E-state index contributed by atoms with van der Waals surface area (Å²) in [4.78, 5) is 1.28. The molecular formula is C18H21F3N6O2S. The number of halogens is 3. The minimum atomic E-state index is -4.27. The van der Waals surface area contributed by atoms with E-state index in [1.807, 2.05) is 6.07 Å². The van der Waals surface area contributed by atoms with Crippen LogP contribution in [0.25, 0.3) is 10.9 Å². The molecule has 162 valence electrons. The van der Waals surface area contributed by atoms with Gasteiger partial charge < -0.3 is 0 Å². The average Bonchev–Trinajstić information content (AvgIpc) is 3.29. The van der Waals surface area contributed by atoms with Crippen LogP contribution < -0.4 is 4.72 Å². The van der Waals surface area contributed by atoms with Gasteiger partial charge in [-0.05, 0) is 25.5 Å². The Morgan fingerprint density at radius 3 is 2.80 bits per heavy atom. The van der Waals surface area contributed by atoms with E-state index in [9.17, 15) is 21.6 Å². The highest BCUT2D eigenvalue weighted by Crippen LogP contribution is 2.27. The van der Waals surface area contributed by atoms with Crippen LogP contribution in [0.15, 0.2) is 41.7 Å². The molecule has 12 heteroatoms. The van der Waals surface area contributed by atoms with Crippen molar-refractivity contribution in [3.05, 3.63) is 36.8 Å². The van der Waals surface area contributed by atoms with E-state index in [1.165, 1.54) is 22.0 Å². The summed E-state index contributed by atoms with van der Waals surface area (Å²) in [6.45, 7) is -0.451. The predicted octanol–water partition coefficient (Wildman–Crippen LogP) is 2.77. The van der Waals surface area contributed by atoms with Gasteiger partial charge in [0.05, 0.1) is 36.2 Å². The first-order chi connectivity index (χ1) is 14.1. The van der Waals surface area contributed by atoms with Crippen molar-refractivity contribution >= 4 is 26.6 Å². The van der Waals surface area contributed by atoms with E-state index in [0.717, 1.165) is 5.39 Å². The van der Waals surface area contributed by atoms with Crippen LogP contribution in [0.1, 0.15) is 18.9 Å². The fourth-order valence-corrected chi connectivity index (χ4v) is 4.83. The molecule has 1 aromatic carbocycles. The summed E-state index contributed by atoms with van der Waals surface area (Å²) in [5.74, 6) is 0. The zero-order valence-electron chi connectivity index (χ0n) is 16.2. The van der Waals surface area contributed by atoms with Crippen molar-refractivity contribution in [2.75, 3.05) is 24.4 Å². The van der Waals surface area contributed by atoms with Crippen molar-refractivity contribution in [1.82, 2.24) is 24.5 Å². The third kappa shape index (κ3) is 4.29. The zero-order valence-corrected chi connectivity index (χ0v) is 17.0. The Morgan fingerprint density at radius 1 is 1.23 bits per heavy atom. The van der Waals surface area contributed by atoms with Gasteiger partial charge in [0.2, 0.25) is 0 Å². The van der Waals surface area contributed by atoms with E-state index < -0.39 is 22.7 Å². The maximum atomic E-state index is 12.9. The second-order valence-electron chi connectivity index (χ2n) is 7.42. The molecule has 1 aliphatic rings. The maximum Gasteiger partial charge on any atom is 0.401 e. The normalized spacial score (nSPS) is 18.7. The molecule has 1 saturated heterocycles. The summed E-state index contributed by atoms with van der Waals surface area (Å²) >= 11 is 0. The molecule has 2 aromatic heterocycles. The number of aryl methyl sites for hydroxylation is 1. The largest absolute Gasteiger partial charge is 0.401 e. The Balaban J connectivity index is 1.53. The molecule has 0 radical (unpaired) electrons. The van der Waals surface area contributed by atoms with Crippen LogP contribution in [0.2, 0.25) is 0 Å². The number of fused-ring (bicyclic) bond motifs is 1. The number of nitrogens with zero attached hydrogens (tertiary/aromatic N) is 5.